The van der Waals surface area contributed by atoms with Crippen LogP contribution in [0.15, 0.2) is 59.5 Å². The Morgan fingerprint density at radius 3 is 2.61 bits per heavy atom. The summed E-state index contributed by atoms with van der Waals surface area (Å²) in [5.74, 6) is -0.928. The number of nitrogens with one attached hydrogen (secondary N) is 1. The second-order valence-corrected chi connectivity index (χ2v) is 10.8. The zero-order chi connectivity index (χ0) is 27.4. The van der Waals surface area contributed by atoms with Crippen LogP contribution in [-0.4, -0.2) is 35.6 Å². The van der Waals surface area contributed by atoms with Gasteiger partial charge in [0.2, 0.25) is 5.91 Å². The Morgan fingerprint density at radius 2 is 1.89 bits per heavy atom. The van der Waals surface area contributed by atoms with Crippen LogP contribution in [-0.2, 0) is 16.2 Å². The van der Waals surface area contributed by atoms with Gasteiger partial charge in [0, 0.05) is 16.3 Å². The molecular formula is C26H18Cl2FIN2O5S. The molecule has 1 saturated heterocycles. The van der Waals surface area contributed by atoms with Gasteiger partial charge in [-0.3, -0.25) is 19.3 Å². The van der Waals surface area contributed by atoms with Crippen molar-refractivity contribution in [3.63, 3.8) is 0 Å². The first-order valence-corrected chi connectivity index (χ1v) is 13.6. The number of carbonyl (C=O) groups is 3. The van der Waals surface area contributed by atoms with Crippen LogP contribution in [0.3, 0.4) is 0 Å². The highest BCUT2D eigenvalue weighted by Gasteiger charge is 2.36. The van der Waals surface area contributed by atoms with E-state index in [2.05, 4.69) is 27.9 Å². The summed E-state index contributed by atoms with van der Waals surface area (Å²) in [6.07, 6.45) is 1.55. The number of halogens is 4. The summed E-state index contributed by atoms with van der Waals surface area (Å²) in [7, 11) is 1.50. The first kappa shape index (κ1) is 28.2. The van der Waals surface area contributed by atoms with E-state index in [0.29, 0.717) is 22.1 Å². The molecule has 4 rings (SSSR count). The maximum atomic E-state index is 13.3. The molecule has 1 aliphatic heterocycles. The summed E-state index contributed by atoms with van der Waals surface area (Å²) >= 11 is 14.8. The number of rotatable bonds is 8. The molecule has 0 saturated carbocycles. The third-order valence-corrected chi connectivity index (χ3v) is 7.63. The number of thioether (sulfide) groups is 1. The quantitative estimate of drug-likeness (QED) is 0.203. The van der Waals surface area contributed by atoms with E-state index in [1.54, 1.807) is 24.3 Å². The lowest BCUT2D eigenvalue weighted by Gasteiger charge is -2.14. The normalized spacial score (nSPS) is 14.2. The molecule has 7 nitrogen and oxygen atoms in total. The molecule has 1 fully saturated rings. The van der Waals surface area contributed by atoms with Crippen LogP contribution in [0.2, 0.25) is 10.0 Å². The van der Waals surface area contributed by atoms with Crippen LogP contribution in [0, 0.1) is 9.39 Å². The number of hydrogen-bond donors (Lipinski definition) is 1. The van der Waals surface area contributed by atoms with Crippen molar-refractivity contribution in [2.75, 3.05) is 19.0 Å². The molecule has 0 bridgehead atoms. The van der Waals surface area contributed by atoms with Crippen molar-refractivity contribution in [2.45, 2.75) is 6.61 Å². The Balaban J connectivity index is 1.47. The van der Waals surface area contributed by atoms with E-state index in [9.17, 15) is 18.8 Å². The molecule has 1 N–H and O–H groups in total. The van der Waals surface area contributed by atoms with Crippen molar-refractivity contribution in [3.8, 4) is 11.5 Å². The average molecular weight is 687 g/mol. The Kier molecular flexibility index (Phi) is 9.19. The number of methoxy groups -OCH3 is 1. The molecule has 38 heavy (non-hydrogen) atoms. The van der Waals surface area contributed by atoms with Gasteiger partial charge in [0.05, 0.1) is 20.6 Å². The highest BCUT2D eigenvalue weighted by atomic mass is 127. The number of benzene rings is 3. The summed E-state index contributed by atoms with van der Waals surface area (Å²) in [5.41, 5.74) is 1.66. The lowest BCUT2D eigenvalue weighted by atomic mass is 10.1. The first-order chi connectivity index (χ1) is 18.2. The van der Waals surface area contributed by atoms with Crippen molar-refractivity contribution in [1.29, 1.82) is 0 Å². The van der Waals surface area contributed by atoms with Gasteiger partial charge in [-0.25, -0.2) is 4.39 Å². The number of ether oxygens (including phenoxy) is 2. The van der Waals surface area contributed by atoms with Crippen molar-refractivity contribution in [3.05, 3.63) is 90.1 Å². The molecule has 0 spiro atoms. The molecule has 0 unspecified atom stereocenters. The van der Waals surface area contributed by atoms with E-state index < -0.39 is 29.4 Å². The summed E-state index contributed by atoms with van der Waals surface area (Å²) in [5, 5.41) is 2.33. The van der Waals surface area contributed by atoms with Gasteiger partial charge in [-0.15, -0.1) is 0 Å². The van der Waals surface area contributed by atoms with Gasteiger partial charge >= 0.3 is 0 Å². The van der Waals surface area contributed by atoms with Crippen molar-refractivity contribution in [1.82, 2.24) is 4.90 Å². The van der Waals surface area contributed by atoms with E-state index in [0.717, 1.165) is 31.9 Å². The molecule has 1 heterocycles. The van der Waals surface area contributed by atoms with E-state index in [1.165, 1.54) is 19.2 Å². The highest BCUT2D eigenvalue weighted by Crippen LogP contribution is 2.38. The third-order valence-electron chi connectivity index (χ3n) is 5.26. The number of hydrogen-bond acceptors (Lipinski definition) is 6. The topological polar surface area (TPSA) is 84.9 Å². The molecular weight excluding hydrogens is 669 g/mol. The van der Waals surface area contributed by atoms with E-state index >= 15 is 0 Å². The molecule has 0 atom stereocenters. The molecule has 0 aliphatic carbocycles. The van der Waals surface area contributed by atoms with Crippen LogP contribution in [0.25, 0.3) is 6.08 Å². The van der Waals surface area contributed by atoms with Gasteiger partial charge in [-0.2, -0.15) is 0 Å². The maximum absolute atomic E-state index is 13.3. The Labute approximate surface area is 245 Å². The minimum Gasteiger partial charge on any atom is -0.493 e. The fourth-order valence-electron chi connectivity index (χ4n) is 3.43. The second kappa shape index (κ2) is 12.4. The predicted molar refractivity (Wildman–Crippen MR) is 154 cm³/mol. The number of amides is 3. The smallest absolute Gasteiger partial charge is 0.294 e. The zero-order valence-corrected chi connectivity index (χ0v) is 24.1. The van der Waals surface area contributed by atoms with Gasteiger partial charge in [0.25, 0.3) is 11.1 Å². The summed E-state index contributed by atoms with van der Waals surface area (Å²) in [6.45, 7) is -0.275. The second-order valence-electron chi connectivity index (χ2n) is 7.86. The number of anilines is 1. The average Bonchev–Trinajstić information content (AvgIpc) is 3.13. The fraction of sp³-hybridized carbons (Fsp3) is 0.115. The van der Waals surface area contributed by atoms with Crippen molar-refractivity contribution in [2.24, 2.45) is 0 Å². The van der Waals surface area contributed by atoms with Gasteiger partial charge in [0.15, 0.2) is 11.5 Å². The third kappa shape index (κ3) is 6.60. The first-order valence-electron chi connectivity index (χ1n) is 10.9. The maximum Gasteiger partial charge on any atom is 0.294 e. The highest BCUT2D eigenvalue weighted by molar-refractivity contribution is 14.1. The van der Waals surface area contributed by atoms with Gasteiger partial charge in [0.1, 0.15) is 19.0 Å². The molecule has 3 aromatic rings. The van der Waals surface area contributed by atoms with Gasteiger partial charge < -0.3 is 14.8 Å². The van der Waals surface area contributed by atoms with Crippen molar-refractivity contribution < 1.29 is 28.2 Å². The van der Waals surface area contributed by atoms with Crippen LogP contribution in [0.1, 0.15) is 11.1 Å². The summed E-state index contributed by atoms with van der Waals surface area (Å²) in [4.78, 5) is 38.8. The monoisotopic (exact) mass is 686 g/mol. The Bertz CT molecular complexity index is 1470. The minimum absolute atomic E-state index is 0.148. The SMILES string of the molecule is COc1cc(/C=C2/SC(=O)N(CC(=O)Nc3ccc(F)c(Cl)c3)C2=O)cc(I)c1OCc1ccccc1Cl. The number of nitrogens with zero attached hydrogens (tertiary/aromatic N) is 1. The summed E-state index contributed by atoms with van der Waals surface area (Å²) in [6, 6.07) is 14.5. The lowest BCUT2D eigenvalue weighted by molar-refractivity contribution is -0.127. The van der Waals surface area contributed by atoms with Gasteiger partial charge in [-0.1, -0.05) is 41.4 Å². The van der Waals surface area contributed by atoms with Crippen molar-refractivity contribution >= 4 is 86.4 Å². The zero-order valence-electron chi connectivity index (χ0n) is 19.6. The molecule has 196 valence electrons. The standard InChI is InChI=1S/C26H18Cl2FIN2O5S/c1-36-21-9-14(8-20(30)24(21)37-13-15-4-2-3-5-17(15)27)10-22-25(34)32(26(35)38-22)12-23(33)31-16-6-7-19(29)18(28)11-16/h2-11H,12-13H2,1H3,(H,31,33)/b22-10+. The van der Waals surface area contributed by atoms with E-state index in [1.807, 2.05) is 18.2 Å². The molecule has 3 amide bonds. The lowest BCUT2D eigenvalue weighted by Crippen LogP contribution is -2.36. The molecule has 12 heteroatoms. The number of carbonyl (C=O) groups excluding carboxylic acids is 3. The van der Waals surface area contributed by atoms with E-state index in [-0.39, 0.29) is 22.2 Å². The summed E-state index contributed by atoms with van der Waals surface area (Å²) < 4.78 is 25.5. The van der Waals surface area contributed by atoms with Crippen LogP contribution in [0.4, 0.5) is 14.9 Å². The van der Waals surface area contributed by atoms with Gasteiger partial charge in [-0.05, 0) is 82.4 Å². The number of imide groups is 1. The van der Waals surface area contributed by atoms with Crippen LogP contribution < -0.4 is 14.8 Å². The molecule has 3 aromatic carbocycles. The predicted octanol–water partition coefficient (Wildman–Crippen LogP) is 7.00. The van der Waals surface area contributed by atoms with Crippen LogP contribution >= 0.6 is 57.6 Å². The van der Waals surface area contributed by atoms with E-state index in [4.69, 9.17) is 32.7 Å². The largest absolute Gasteiger partial charge is 0.493 e. The molecule has 0 aromatic heterocycles. The van der Waals surface area contributed by atoms with Crippen LogP contribution in [0.5, 0.6) is 11.5 Å². The minimum atomic E-state index is -0.632. The molecule has 1 aliphatic rings. The Hall–Kier alpha value is -2.80. The molecule has 0 radical (unpaired) electrons. The fourth-order valence-corrected chi connectivity index (χ4v) is 5.42. The Morgan fingerprint density at radius 1 is 1.13 bits per heavy atom.